The molecule has 1 heterocycles. The summed E-state index contributed by atoms with van der Waals surface area (Å²) >= 11 is 0. The molecule has 0 saturated carbocycles. The van der Waals surface area contributed by atoms with Crippen molar-refractivity contribution in [1.82, 2.24) is 9.80 Å². The van der Waals surface area contributed by atoms with Crippen LogP contribution in [0.25, 0.3) is 11.1 Å². The van der Waals surface area contributed by atoms with Crippen LogP contribution in [0.5, 0.6) is 0 Å². The van der Waals surface area contributed by atoms with Gasteiger partial charge >= 0.3 is 12.1 Å². The summed E-state index contributed by atoms with van der Waals surface area (Å²) in [6.07, 6.45) is -3.57. The fraction of sp³-hybridized carbons (Fsp3) is 0.308. The molecule has 0 bridgehead atoms. The van der Waals surface area contributed by atoms with Gasteiger partial charge in [0.05, 0.1) is 18.1 Å². The van der Waals surface area contributed by atoms with Crippen molar-refractivity contribution in [3.8, 4) is 11.1 Å². The van der Waals surface area contributed by atoms with E-state index in [2.05, 4.69) is 0 Å². The highest BCUT2D eigenvalue weighted by atomic mass is 19.4. The van der Waals surface area contributed by atoms with Gasteiger partial charge in [-0.1, -0.05) is 84.4 Å². The van der Waals surface area contributed by atoms with Gasteiger partial charge in [0.25, 0.3) is 5.91 Å². The molecule has 0 aromatic heterocycles. The molecule has 0 N–H and O–H groups in total. The Bertz CT molecular complexity index is 1820. The van der Waals surface area contributed by atoms with Crippen LogP contribution in [0.1, 0.15) is 63.9 Å². The lowest BCUT2D eigenvalue weighted by Gasteiger charge is -2.42. The van der Waals surface area contributed by atoms with E-state index in [1.54, 1.807) is 22.8 Å². The molecule has 48 heavy (non-hydrogen) atoms. The van der Waals surface area contributed by atoms with E-state index in [0.717, 1.165) is 34.4 Å². The highest BCUT2D eigenvalue weighted by Crippen LogP contribution is 2.48. The van der Waals surface area contributed by atoms with Gasteiger partial charge in [-0.15, -0.1) is 0 Å². The van der Waals surface area contributed by atoms with E-state index in [0.29, 0.717) is 55.7 Å². The Morgan fingerprint density at radius 3 is 2.15 bits per heavy atom. The molecule has 6 rings (SSSR count). The molecule has 2 atom stereocenters. The molecule has 0 radical (unpaired) electrons. The Morgan fingerprint density at radius 2 is 1.48 bits per heavy atom. The lowest BCUT2D eigenvalue weighted by Crippen LogP contribution is -2.52. The summed E-state index contributed by atoms with van der Waals surface area (Å²) in [6, 6.07) is 27.4. The van der Waals surface area contributed by atoms with E-state index in [-0.39, 0.29) is 24.4 Å². The normalized spacial score (nSPS) is 19.4. The van der Waals surface area contributed by atoms with E-state index >= 15 is 0 Å². The van der Waals surface area contributed by atoms with E-state index < -0.39 is 23.1 Å². The minimum atomic E-state index is -4.45. The highest BCUT2D eigenvalue weighted by molar-refractivity contribution is 6.01. The van der Waals surface area contributed by atoms with Crippen molar-refractivity contribution in [3.63, 3.8) is 0 Å². The zero-order valence-corrected chi connectivity index (χ0v) is 26.9. The fourth-order valence-electron chi connectivity index (χ4n) is 7.15. The third-order valence-electron chi connectivity index (χ3n) is 9.60. The number of carbonyl (C=O) groups excluding carboxylic acids is 3. The molecule has 6 nitrogen and oxygen atoms in total. The zero-order chi connectivity index (χ0) is 34.1. The van der Waals surface area contributed by atoms with Gasteiger partial charge < -0.3 is 14.5 Å². The summed E-state index contributed by atoms with van der Waals surface area (Å²) < 4.78 is 45.1. The summed E-state index contributed by atoms with van der Waals surface area (Å²) in [5.41, 5.74) is 3.02. The predicted octanol–water partition coefficient (Wildman–Crippen LogP) is 7.39. The van der Waals surface area contributed by atoms with Crippen molar-refractivity contribution < 1.29 is 32.3 Å². The average Bonchev–Trinajstić information content (AvgIpc) is 3.11. The Morgan fingerprint density at radius 1 is 0.833 bits per heavy atom. The van der Waals surface area contributed by atoms with Crippen LogP contribution in [0.2, 0.25) is 0 Å². The minimum absolute atomic E-state index is 0.0409. The van der Waals surface area contributed by atoms with Gasteiger partial charge in [-0.3, -0.25) is 14.4 Å². The van der Waals surface area contributed by atoms with E-state index in [1.165, 1.54) is 12.1 Å². The van der Waals surface area contributed by atoms with Crippen LogP contribution >= 0.6 is 0 Å². The molecular formula is C39H37F3N2O4. The number of alkyl halides is 3. The molecule has 2 amide bonds. The Kier molecular flexibility index (Phi) is 9.14. The smallest absolute Gasteiger partial charge is 0.416 e. The number of fused-ring (bicyclic) bond motifs is 1. The summed E-state index contributed by atoms with van der Waals surface area (Å²) in [4.78, 5) is 45.0. The number of ether oxygens (including phenoxy) is 1. The van der Waals surface area contributed by atoms with Gasteiger partial charge in [0, 0.05) is 31.7 Å². The number of hydrogen-bond acceptors (Lipinski definition) is 4. The van der Waals surface area contributed by atoms with E-state index in [4.69, 9.17) is 4.74 Å². The maximum atomic E-state index is 14.1. The molecule has 9 heteroatoms. The third-order valence-corrected chi connectivity index (χ3v) is 9.60. The number of nitrogens with zero attached hydrogens (tertiary/aromatic N) is 2. The number of benzene rings is 4. The van der Waals surface area contributed by atoms with Crippen molar-refractivity contribution in [2.45, 2.75) is 44.2 Å². The minimum Gasteiger partial charge on any atom is -0.465 e. The molecule has 4 aromatic carbocycles. The number of piperazine rings is 1. The van der Waals surface area contributed by atoms with Crippen molar-refractivity contribution in [2.75, 3.05) is 32.8 Å². The molecule has 4 aromatic rings. The number of halogens is 3. The number of hydrogen-bond donors (Lipinski definition) is 0. The van der Waals surface area contributed by atoms with E-state index in [9.17, 15) is 27.6 Å². The van der Waals surface area contributed by atoms with Crippen LogP contribution < -0.4 is 0 Å². The lowest BCUT2D eigenvalue weighted by atomic mass is 9.63. The second-order valence-corrected chi connectivity index (χ2v) is 12.4. The average molecular weight is 655 g/mol. The van der Waals surface area contributed by atoms with Crippen molar-refractivity contribution in [3.05, 3.63) is 130 Å². The highest BCUT2D eigenvalue weighted by Gasteiger charge is 2.50. The number of rotatable bonds is 6. The predicted molar refractivity (Wildman–Crippen MR) is 176 cm³/mol. The quantitative estimate of drug-likeness (QED) is 0.204. The molecule has 1 saturated heterocycles. The molecule has 2 aliphatic rings. The van der Waals surface area contributed by atoms with Gasteiger partial charge in [0.2, 0.25) is 5.91 Å². The van der Waals surface area contributed by atoms with Gasteiger partial charge in [0.1, 0.15) is 5.41 Å². The van der Waals surface area contributed by atoms with Crippen molar-refractivity contribution in [1.29, 1.82) is 0 Å². The number of esters is 1. The number of amides is 2. The van der Waals surface area contributed by atoms with Crippen molar-refractivity contribution >= 4 is 17.8 Å². The molecular weight excluding hydrogens is 617 g/mol. The molecule has 0 spiro atoms. The third kappa shape index (κ3) is 6.09. The summed E-state index contributed by atoms with van der Waals surface area (Å²) in [5.74, 6) is -1.05. The Labute approximate surface area is 278 Å². The first-order valence-electron chi connectivity index (χ1n) is 16.2. The molecule has 1 aliphatic heterocycles. The van der Waals surface area contributed by atoms with Crippen LogP contribution in [0, 0.1) is 6.92 Å². The monoisotopic (exact) mass is 654 g/mol. The van der Waals surface area contributed by atoms with Gasteiger partial charge in [0.15, 0.2) is 0 Å². The van der Waals surface area contributed by atoms with Crippen molar-refractivity contribution in [2.24, 2.45) is 0 Å². The van der Waals surface area contributed by atoms with Crippen LogP contribution in [0.4, 0.5) is 13.2 Å². The first kappa shape index (κ1) is 33.0. The fourth-order valence-corrected chi connectivity index (χ4v) is 7.15. The maximum Gasteiger partial charge on any atom is 0.416 e. The van der Waals surface area contributed by atoms with Crippen LogP contribution in [-0.2, 0) is 25.9 Å². The van der Waals surface area contributed by atoms with Gasteiger partial charge in [-0.2, -0.15) is 13.2 Å². The van der Waals surface area contributed by atoms with Crippen LogP contribution in [-0.4, -0.2) is 60.4 Å². The van der Waals surface area contributed by atoms with Gasteiger partial charge in [-0.05, 0) is 72.7 Å². The number of carbonyl (C=O) groups is 3. The molecule has 0 unspecified atom stereocenters. The summed E-state index contributed by atoms with van der Waals surface area (Å²) in [5, 5.41) is 0. The van der Waals surface area contributed by atoms with Crippen LogP contribution in [0.3, 0.4) is 0 Å². The largest absolute Gasteiger partial charge is 0.465 e. The first-order chi connectivity index (χ1) is 23.0. The summed E-state index contributed by atoms with van der Waals surface area (Å²) in [7, 11) is 0. The number of aryl methyl sites for hydroxylation is 1. The molecule has 248 valence electrons. The lowest BCUT2D eigenvalue weighted by molar-refractivity contribution is -0.149. The summed E-state index contributed by atoms with van der Waals surface area (Å²) in [6.45, 7) is 5.21. The molecule has 1 aliphatic carbocycles. The SMILES string of the molecule is CCOC(=O)[C@]1(c2ccccc2)CC[C@@H](C(=O)N2CCN(C(=O)c3ccc(C)cc3-c3ccc(C(F)(F)F)cc3)CC2)c2ccccc21. The Hall–Kier alpha value is -4.92. The van der Waals surface area contributed by atoms with Gasteiger partial charge in [-0.25, -0.2) is 0 Å². The topological polar surface area (TPSA) is 66.9 Å². The zero-order valence-electron chi connectivity index (χ0n) is 26.9. The molecule has 1 fully saturated rings. The van der Waals surface area contributed by atoms with Crippen LogP contribution in [0.15, 0.2) is 97.1 Å². The first-order valence-corrected chi connectivity index (χ1v) is 16.2. The maximum absolute atomic E-state index is 14.1. The second kappa shape index (κ2) is 13.3. The standard InChI is InChI=1S/C39H37F3N2O4/c1-3-48-37(47)38(28-9-5-4-6-10-28)20-19-32(30-11-7-8-12-34(30)38)36(46)44-23-21-43(22-24-44)35(45)31-18-13-26(2)25-33(31)27-14-16-29(17-15-27)39(40,41)42/h4-18,25,32H,3,19-24H2,1-2H3/t32-,38+/m1/s1. The van der Waals surface area contributed by atoms with E-state index in [1.807, 2.05) is 73.7 Å². The Balaban J connectivity index is 1.21. The second-order valence-electron chi connectivity index (χ2n) is 12.4.